The average Bonchev–Trinajstić information content (AvgIpc) is 3.07. The Labute approximate surface area is 169 Å². The number of fused-ring (bicyclic) bond motifs is 3. The Hall–Kier alpha value is -3.25. The molecule has 1 unspecified atom stereocenters. The van der Waals surface area contributed by atoms with Crippen LogP contribution in [0.4, 0.5) is 10.5 Å². The second-order valence-electron chi connectivity index (χ2n) is 6.88. The van der Waals surface area contributed by atoms with E-state index >= 15 is 0 Å². The van der Waals surface area contributed by atoms with Gasteiger partial charge in [-0.25, -0.2) is 14.8 Å². The van der Waals surface area contributed by atoms with Crippen LogP contribution in [-0.4, -0.2) is 29.3 Å². The van der Waals surface area contributed by atoms with Crippen molar-refractivity contribution in [3.8, 4) is 11.1 Å². The van der Waals surface area contributed by atoms with E-state index in [2.05, 4.69) is 39.6 Å². The van der Waals surface area contributed by atoms with Crippen LogP contribution in [0.15, 0.2) is 60.9 Å². The van der Waals surface area contributed by atoms with E-state index < -0.39 is 6.09 Å². The molecule has 0 fully saturated rings. The van der Waals surface area contributed by atoms with Gasteiger partial charge in [-0.2, -0.15) is 0 Å². The van der Waals surface area contributed by atoms with Crippen molar-refractivity contribution < 1.29 is 14.3 Å². The lowest BCUT2D eigenvalue weighted by molar-refractivity contribution is 0.0701. The Morgan fingerprint density at radius 1 is 1.03 bits per heavy atom. The number of rotatable bonds is 6. The molecule has 0 radical (unpaired) electrons. The highest BCUT2D eigenvalue weighted by atomic mass is 16.5. The van der Waals surface area contributed by atoms with Crippen LogP contribution in [0.2, 0.25) is 0 Å². The molecule has 4 rings (SSSR count). The van der Waals surface area contributed by atoms with Gasteiger partial charge in [0, 0.05) is 12.5 Å². The van der Waals surface area contributed by atoms with Crippen molar-refractivity contribution in [2.45, 2.75) is 25.9 Å². The molecule has 3 aromatic rings. The third kappa shape index (κ3) is 3.98. The summed E-state index contributed by atoms with van der Waals surface area (Å²) in [6, 6.07) is 16.5. The average molecular weight is 389 g/mol. The first-order valence-electron chi connectivity index (χ1n) is 9.73. The molecule has 1 atom stereocenters. The first-order valence-corrected chi connectivity index (χ1v) is 9.73. The van der Waals surface area contributed by atoms with E-state index in [0.717, 1.165) is 0 Å². The number of hydrogen-bond acceptors (Lipinski definition) is 5. The Morgan fingerprint density at radius 2 is 1.62 bits per heavy atom. The molecular formula is C23H23N3O3. The first kappa shape index (κ1) is 19.1. The highest BCUT2D eigenvalue weighted by Gasteiger charge is 2.29. The topological polar surface area (TPSA) is 73.3 Å². The van der Waals surface area contributed by atoms with Gasteiger partial charge in [0.15, 0.2) is 5.82 Å². The Bertz CT molecular complexity index is 959. The lowest BCUT2D eigenvalue weighted by Crippen LogP contribution is -2.18. The van der Waals surface area contributed by atoms with E-state index in [1.807, 2.05) is 38.1 Å². The molecule has 0 bridgehead atoms. The molecule has 1 amide bonds. The SMILES string of the molecule is CCOC(C)c1ncc(NC(=O)OCC2c3ccccc3-c3ccccc32)cn1. The smallest absolute Gasteiger partial charge is 0.411 e. The quantitative estimate of drug-likeness (QED) is 0.647. The fourth-order valence-corrected chi connectivity index (χ4v) is 3.69. The Balaban J connectivity index is 1.40. The van der Waals surface area contributed by atoms with Gasteiger partial charge < -0.3 is 9.47 Å². The lowest BCUT2D eigenvalue weighted by Gasteiger charge is -2.15. The van der Waals surface area contributed by atoms with E-state index in [4.69, 9.17) is 9.47 Å². The molecule has 1 aliphatic rings. The summed E-state index contributed by atoms with van der Waals surface area (Å²) in [4.78, 5) is 20.8. The van der Waals surface area contributed by atoms with Crippen LogP contribution in [0.25, 0.3) is 11.1 Å². The van der Waals surface area contributed by atoms with Gasteiger partial charge in [0.2, 0.25) is 0 Å². The number of benzene rings is 2. The van der Waals surface area contributed by atoms with E-state index in [1.54, 1.807) is 12.4 Å². The number of amides is 1. The van der Waals surface area contributed by atoms with Gasteiger partial charge in [0.25, 0.3) is 0 Å². The summed E-state index contributed by atoms with van der Waals surface area (Å²) >= 11 is 0. The van der Waals surface area contributed by atoms with Gasteiger partial charge in [0.05, 0.1) is 18.1 Å². The number of aromatic nitrogens is 2. The van der Waals surface area contributed by atoms with Crippen LogP contribution in [0, 0.1) is 0 Å². The largest absolute Gasteiger partial charge is 0.448 e. The van der Waals surface area contributed by atoms with Crippen molar-refractivity contribution in [2.75, 3.05) is 18.5 Å². The predicted octanol–water partition coefficient (Wildman–Crippen LogP) is 4.94. The summed E-state index contributed by atoms with van der Waals surface area (Å²) < 4.78 is 11.0. The lowest BCUT2D eigenvalue weighted by atomic mass is 9.98. The molecule has 0 spiro atoms. The van der Waals surface area contributed by atoms with Gasteiger partial charge in [-0.05, 0) is 36.1 Å². The van der Waals surface area contributed by atoms with E-state index in [0.29, 0.717) is 18.1 Å². The normalized spacial score (nSPS) is 13.4. The Kier molecular flexibility index (Phi) is 5.53. The molecule has 2 aromatic carbocycles. The van der Waals surface area contributed by atoms with Gasteiger partial charge in [-0.1, -0.05) is 48.5 Å². The highest BCUT2D eigenvalue weighted by Crippen LogP contribution is 2.44. The van der Waals surface area contributed by atoms with Gasteiger partial charge >= 0.3 is 6.09 Å². The minimum Gasteiger partial charge on any atom is -0.448 e. The zero-order chi connectivity index (χ0) is 20.2. The van der Waals surface area contributed by atoms with Crippen molar-refractivity contribution in [2.24, 2.45) is 0 Å². The number of hydrogen-bond donors (Lipinski definition) is 1. The van der Waals surface area contributed by atoms with Crippen LogP contribution in [0.1, 0.15) is 42.8 Å². The van der Waals surface area contributed by atoms with Crippen LogP contribution >= 0.6 is 0 Å². The van der Waals surface area contributed by atoms with Gasteiger partial charge in [0.1, 0.15) is 12.7 Å². The molecular weight excluding hydrogens is 366 g/mol. The summed E-state index contributed by atoms with van der Waals surface area (Å²) in [5.41, 5.74) is 5.24. The van der Waals surface area contributed by atoms with Crippen LogP contribution in [-0.2, 0) is 9.47 Å². The second kappa shape index (κ2) is 8.41. The number of nitrogens with one attached hydrogen (secondary N) is 1. The van der Waals surface area contributed by atoms with Gasteiger partial charge in [-0.3, -0.25) is 5.32 Å². The Morgan fingerprint density at radius 3 is 2.21 bits per heavy atom. The summed E-state index contributed by atoms with van der Waals surface area (Å²) in [6.07, 6.45) is 2.39. The molecule has 1 N–H and O–H groups in total. The van der Waals surface area contributed by atoms with E-state index in [-0.39, 0.29) is 18.6 Å². The third-order valence-corrected chi connectivity index (χ3v) is 5.04. The summed E-state index contributed by atoms with van der Waals surface area (Å²) in [6.45, 7) is 4.66. The first-order chi connectivity index (χ1) is 14.2. The van der Waals surface area contributed by atoms with E-state index in [9.17, 15) is 4.79 Å². The molecule has 29 heavy (non-hydrogen) atoms. The number of anilines is 1. The van der Waals surface area contributed by atoms with Crippen LogP contribution < -0.4 is 5.32 Å². The molecule has 1 heterocycles. The van der Waals surface area contributed by atoms with Crippen molar-refractivity contribution in [3.05, 3.63) is 77.9 Å². The summed E-state index contributed by atoms with van der Waals surface area (Å²) in [5.74, 6) is 0.601. The van der Waals surface area contributed by atoms with Crippen LogP contribution in [0.5, 0.6) is 0 Å². The minimum absolute atomic E-state index is 0.0267. The van der Waals surface area contributed by atoms with E-state index in [1.165, 1.54) is 22.3 Å². The molecule has 0 aliphatic heterocycles. The number of carbonyl (C=O) groups excluding carboxylic acids is 1. The molecule has 0 saturated carbocycles. The fraction of sp³-hybridized carbons (Fsp3) is 0.261. The molecule has 1 aromatic heterocycles. The summed E-state index contributed by atoms with van der Waals surface area (Å²) in [7, 11) is 0. The maximum absolute atomic E-state index is 12.3. The zero-order valence-corrected chi connectivity index (χ0v) is 16.5. The van der Waals surface area contributed by atoms with Crippen molar-refractivity contribution in [1.82, 2.24) is 9.97 Å². The fourth-order valence-electron chi connectivity index (χ4n) is 3.69. The monoisotopic (exact) mass is 389 g/mol. The highest BCUT2D eigenvalue weighted by molar-refractivity contribution is 5.84. The van der Waals surface area contributed by atoms with Gasteiger partial charge in [-0.15, -0.1) is 0 Å². The van der Waals surface area contributed by atoms with Crippen molar-refractivity contribution >= 4 is 11.8 Å². The van der Waals surface area contributed by atoms with Crippen LogP contribution in [0.3, 0.4) is 0 Å². The molecule has 148 valence electrons. The molecule has 6 nitrogen and oxygen atoms in total. The minimum atomic E-state index is -0.527. The number of nitrogens with zero attached hydrogens (tertiary/aromatic N) is 2. The standard InChI is InChI=1S/C23H23N3O3/c1-3-28-15(2)22-24-12-16(13-25-22)26-23(27)29-14-21-19-10-6-4-8-17(19)18-9-5-7-11-20(18)21/h4-13,15,21H,3,14H2,1-2H3,(H,26,27). The van der Waals surface area contributed by atoms with Crippen molar-refractivity contribution in [1.29, 1.82) is 0 Å². The maximum Gasteiger partial charge on any atom is 0.411 e. The summed E-state index contributed by atoms with van der Waals surface area (Å²) in [5, 5.41) is 2.68. The second-order valence-corrected chi connectivity index (χ2v) is 6.88. The number of ether oxygens (including phenoxy) is 2. The molecule has 1 aliphatic carbocycles. The maximum atomic E-state index is 12.3. The molecule has 0 saturated heterocycles. The van der Waals surface area contributed by atoms with Crippen molar-refractivity contribution in [3.63, 3.8) is 0 Å². The molecule has 6 heteroatoms. The third-order valence-electron chi connectivity index (χ3n) is 5.04. The predicted molar refractivity (Wildman–Crippen MR) is 111 cm³/mol. The number of carbonyl (C=O) groups is 1. The zero-order valence-electron chi connectivity index (χ0n) is 16.5.